The van der Waals surface area contributed by atoms with E-state index < -0.39 is 10.8 Å². The zero-order valence-electron chi connectivity index (χ0n) is 8.77. The average molecular weight is 239 g/mol. The number of aliphatic imine (C=N–C) groups is 1. The number of aryl methyl sites for hydroxylation is 1. The van der Waals surface area contributed by atoms with Gasteiger partial charge in [-0.1, -0.05) is 12.2 Å². The van der Waals surface area contributed by atoms with Gasteiger partial charge in [0.15, 0.2) is 0 Å². The number of rotatable bonds is 4. The van der Waals surface area contributed by atoms with Crippen molar-refractivity contribution in [3.63, 3.8) is 0 Å². The first-order chi connectivity index (χ1) is 7.19. The molecule has 4 heteroatoms. The van der Waals surface area contributed by atoms with Gasteiger partial charge in [-0.15, -0.1) is 11.3 Å². The zero-order chi connectivity index (χ0) is 11.3. The van der Waals surface area contributed by atoms with Crippen molar-refractivity contribution in [2.75, 3.05) is 0 Å². The fourth-order valence-electron chi connectivity index (χ4n) is 0.966. The van der Waals surface area contributed by atoms with Gasteiger partial charge in [-0.05, 0) is 38.8 Å². The van der Waals surface area contributed by atoms with Crippen LogP contribution in [-0.2, 0) is 10.8 Å². The molecule has 1 rings (SSSR count). The maximum absolute atomic E-state index is 12.0. The molecular weight excluding hydrogens is 226 g/mol. The van der Waals surface area contributed by atoms with Gasteiger partial charge in [0, 0.05) is 4.88 Å². The lowest BCUT2D eigenvalue weighted by Gasteiger charge is -1.97. The van der Waals surface area contributed by atoms with E-state index in [0.717, 1.165) is 9.09 Å². The monoisotopic (exact) mass is 239 g/mol. The van der Waals surface area contributed by atoms with E-state index in [1.165, 1.54) is 11.3 Å². The summed E-state index contributed by atoms with van der Waals surface area (Å²) in [7, 11) is -1.20. The summed E-state index contributed by atoms with van der Waals surface area (Å²) in [6.07, 6.45) is 5.39. The third-order valence-electron chi connectivity index (χ3n) is 1.68. The highest BCUT2D eigenvalue weighted by Gasteiger charge is 2.09. The van der Waals surface area contributed by atoms with E-state index in [4.69, 9.17) is 0 Å². The van der Waals surface area contributed by atoms with Crippen molar-refractivity contribution < 1.29 is 4.21 Å². The Labute approximate surface area is 96.5 Å². The van der Waals surface area contributed by atoms with Crippen LogP contribution in [0.5, 0.6) is 0 Å². The molecule has 2 nitrogen and oxygen atoms in total. The number of hydrogen-bond donors (Lipinski definition) is 0. The Morgan fingerprint density at radius 2 is 2.33 bits per heavy atom. The molecule has 1 heterocycles. The Bertz CT molecular complexity index is 430. The summed E-state index contributed by atoms with van der Waals surface area (Å²) in [5.74, 6) is 0. The lowest BCUT2D eigenvalue weighted by Crippen LogP contribution is -1.90. The molecule has 0 radical (unpaired) electrons. The lowest BCUT2D eigenvalue weighted by atomic mass is 10.5. The third kappa shape index (κ3) is 3.25. The van der Waals surface area contributed by atoms with Crippen LogP contribution in [0, 0.1) is 6.92 Å². The SMILES string of the molecule is C=N/C(=C\C=C/C)S(=O)c1ccc(C)s1. The Morgan fingerprint density at radius 3 is 2.80 bits per heavy atom. The third-order valence-corrected chi connectivity index (χ3v) is 4.32. The molecule has 0 saturated heterocycles. The smallest absolute Gasteiger partial charge is 0.132 e. The molecule has 0 N–H and O–H groups in total. The van der Waals surface area contributed by atoms with Crippen LogP contribution in [0.3, 0.4) is 0 Å². The number of hydrogen-bond acceptors (Lipinski definition) is 3. The second-order valence-corrected chi connectivity index (χ2v) is 5.76. The van der Waals surface area contributed by atoms with Crippen LogP contribution < -0.4 is 0 Å². The molecule has 80 valence electrons. The van der Waals surface area contributed by atoms with Gasteiger partial charge in [-0.2, -0.15) is 0 Å². The molecule has 0 saturated carbocycles. The fraction of sp³-hybridized carbons (Fsp3) is 0.182. The first kappa shape index (κ1) is 12.1. The summed E-state index contributed by atoms with van der Waals surface area (Å²) in [4.78, 5) is 4.92. The van der Waals surface area contributed by atoms with Crippen LogP contribution in [0.1, 0.15) is 11.8 Å². The summed E-state index contributed by atoms with van der Waals surface area (Å²) in [6, 6.07) is 3.82. The topological polar surface area (TPSA) is 29.4 Å². The van der Waals surface area contributed by atoms with Crippen molar-refractivity contribution in [2.24, 2.45) is 4.99 Å². The first-order valence-corrected chi connectivity index (χ1v) is 6.43. The molecule has 1 atom stereocenters. The molecular formula is C11H13NOS2. The van der Waals surface area contributed by atoms with E-state index in [-0.39, 0.29) is 0 Å². The molecule has 1 aromatic heterocycles. The van der Waals surface area contributed by atoms with Gasteiger partial charge in [0.05, 0.1) is 4.21 Å². The van der Waals surface area contributed by atoms with E-state index in [1.54, 1.807) is 6.08 Å². The van der Waals surface area contributed by atoms with Gasteiger partial charge < -0.3 is 0 Å². The zero-order valence-corrected chi connectivity index (χ0v) is 10.4. The Morgan fingerprint density at radius 1 is 1.60 bits per heavy atom. The van der Waals surface area contributed by atoms with Crippen molar-refractivity contribution in [1.82, 2.24) is 0 Å². The highest BCUT2D eigenvalue weighted by molar-refractivity contribution is 7.91. The highest BCUT2D eigenvalue weighted by atomic mass is 32.2. The van der Waals surface area contributed by atoms with Gasteiger partial charge in [-0.3, -0.25) is 4.99 Å². The summed E-state index contributed by atoms with van der Waals surface area (Å²) in [6.45, 7) is 7.31. The molecule has 0 aromatic carbocycles. The quantitative estimate of drug-likeness (QED) is 0.585. The molecule has 0 spiro atoms. The number of nitrogens with zero attached hydrogens (tertiary/aromatic N) is 1. The molecule has 0 amide bonds. The van der Waals surface area contributed by atoms with Gasteiger partial charge in [-0.25, -0.2) is 4.21 Å². The molecule has 0 fully saturated rings. The van der Waals surface area contributed by atoms with E-state index >= 15 is 0 Å². The minimum atomic E-state index is -1.20. The predicted octanol–water partition coefficient (Wildman–Crippen LogP) is 3.28. The Kier molecular flexibility index (Phi) is 4.65. The molecule has 0 aliphatic rings. The standard InChI is InChI=1S/C11H13NOS2/c1-4-5-6-10(12-3)15(13)11-8-7-9(2)14-11/h4-8H,3H2,1-2H3/b5-4-,10-6+. The largest absolute Gasteiger partial charge is 0.255 e. The normalized spacial score (nSPS) is 14.4. The van der Waals surface area contributed by atoms with Crippen LogP contribution in [0.4, 0.5) is 0 Å². The second-order valence-electron chi connectivity index (χ2n) is 2.82. The summed E-state index contributed by atoms with van der Waals surface area (Å²) in [5.41, 5.74) is 0. The van der Waals surface area contributed by atoms with Gasteiger partial charge in [0.1, 0.15) is 15.8 Å². The highest BCUT2D eigenvalue weighted by Crippen LogP contribution is 2.23. The maximum Gasteiger partial charge on any atom is 0.132 e. The van der Waals surface area contributed by atoms with Crippen molar-refractivity contribution in [3.8, 4) is 0 Å². The van der Waals surface area contributed by atoms with Crippen LogP contribution in [0.25, 0.3) is 0 Å². The summed E-state index contributed by atoms with van der Waals surface area (Å²) in [5, 5.41) is 0.495. The maximum atomic E-state index is 12.0. The molecule has 0 aliphatic carbocycles. The summed E-state index contributed by atoms with van der Waals surface area (Å²) < 4.78 is 12.8. The minimum Gasteiger partial charge on any atom is -0.255 e. The molecule has 1 aromatic rings. The molecule has 15 heavy (non-hydrogen) atoms. The Balaban J connectivity index is 2.96. The predicted molar refractivity (Wildman–Crippen MR) is 67.9 cm³/mol. The minimum absolute atomic E-state index is 0.495. The molecule has 1 unspecified atom stereocenters. The van der Waals surface area contributed by atoms with Gasteiger partial charge in [0.2, 0.25) is 0 Å². The number of thiophene rings is 1. The van der Waals surface area contributed by atoms with Crippen molar-refractivity contribution in [1.29, 1.82) is 0 Å². The van der Waals surface area contributed by atoms with Gasteiger partial charge >= 0.3 is 0 Å². The molecule has 0 bridgehead atoms. The van der Waals surface area contributed by atoms with E-state index in [1.807, 2.05) is 38.1 Å². The van der Waals surface area contributed by atoms with Crippen LogP contribution in [-0.4, -0.2) is 10.9 Å². The van der Waals surface area contributed by atoms with Crippen LogP contribution in [0.15, 0.2) is 44.6 Å². The van der Waals surface area contributed by atoms with Crippen molar-refractivity contribution in [2.45, 2.75) is 18.1 Å². The van der Waals surface area contributed by atoms with Crippen molar-refractivity contribution >= 4 is 28.9 Å². The van der Waals surface area contributed by atoms with Crippen LogP contribution in [0.2, 0.25) is 0 Å². The van der Waals surface area contributed by atoms with Crippen LogP contribution >= 0.6 is 11.3 Å². The van der Waals surface area contributed by atoms with E-state index in [0.29, 0.717) is 5.03 Å². The van der Waals surface area contributed by atoms with E-state index in [9.17, 15) is 4.21 Å². The van der Waals surface area contributed by atoms with Crippen molar-refractivity contribution in [3.05, 3.63) is 40.3 Å². The molecule has 0 aliphatic heterocycles. The first-order valence-electron chi connectivity index (χ1n) is 4.47. The van der Waals surface area contributed by atoms with E-state index in [2.05, 4.69) is 11.7 Å². The average Bonchev–Trinajstić information content (AvgIpc) is 2.65. The second kappa shape index (κ2) is 5.78. The fourth-order valence-corrected chi connectivity index (χ4v) is 3.23. The Hall–Kier alpha value is -1.00. The number of allylic oxidation sites excluding steroid dienone is 3. The summed E-state index contributed by atoms with van der Waals surface area (Å²) >= 11 is 1.52. The van der Waals surface area contributed by atoms with Gasteiger partial charge in [0.25, 0.3) is 0 Å². The lowest BCUT2D eigenvalue weighted by molar-refractivity contribution is 0.688.